The van der Waals surface area contributed by atoms with Gasteiger partial charge in [0, 0.05) is 24.4 Å². The van der Waals surface area contributed by atoms with Gasteiger partial charge in [0.1, 0.15) is 0 Å². The van der Waals surface area contributed by atoms with E-state index in [9.17, 15) is 9.59 Å². The van der Waals surface area contributed by atoms with Gasteiger partial charge in [-0.2, -0.15) is 0 Å². The van der Waals surface area contributed by atoms with Crippen LogP contribution in [0.5, 0.6) is 0 Å². The van der Waals surface area contributed by atoms with Crippen LogP contribution in [-0.4, -0.2) is 73.9 Å². The minimum Gasteiger partial charge on any atom is -0.377 e. The van der Waals surface area contributed by atoms with E-state index >= 15 is 0 Å². The first-order valence-corrected chi connectivity index (χ1v) is 11.7. The maximum atomic E-state index is 12.6. The molecule has 8 heteroatoms. The van der Waals surface area contributed by atoms with Crippen LogP contribution in [0.2, 0.25) is 0 Å². The highest BCUT2D eigenvalue weighted by Gasteiger charge is 2.41. The summed E-state index contributed by atoms with van der Waals surface area (Å²) < 4.78 is 6.04. The summed E-state index contributed by atoms with van der Waals surface area (Å²) in [7, 11) is 4.11. The summed E-state index contributed by atoms with van der Waals surface area (Å²) in [5.41, 5.74) is 1.74. The van der Waals surface area contributed by atoms with Crippen LogP contribution in [0.4, 0.5) is 0 Å². The van der Waals surface area contributed by atoms with Crippen molar-refractivity contribution in [1.29, 1.82) is 0 Å². The molecule has 3 rings (SSSR count). The Morgan fingerprint density at radius 1 is 1.10 bits per heavy atom. The van der Waals surface area contributed by atoms with Crippen molar-refractivity contribution in [3.05, 3.63) is 0 Å². The molecule has 8 nitrogen and oxygen atoms in total. The Balaban J connectivity index is 1.33. The summed E-state index contributed by atoms with van der Waals surface area (Å²) in [6, 6.07) is 0.284. The Morgan fingerprint density at radius 2 is 1.87 bits per heavy atom. The molecule has 2 amide bonds. The first-order chi connectivity index (χ1) is 15.0. The molecule has 1 aliphatic heterocycles. The maximum Gasteiger partial charge on any atom is 0.246 e. The van der Waals surface area contributed by atoms with Crippen molar-refractivity contribution in [2.45, 2.75) is 69.6 Å². The predicted molar refractivity (Wildman–Crippen MR) is 117 cm³/mol. The van der Waals surface area contributed by atoms with Gasteiger partial charge in [-0.3, -0.25) is 14.8 Å². The second-order valence-corrected chi connectivity index (χ2v) is 9.49. The number of nitrogens with zero attached hydrogens (tertiary/aromatic N) is 1. The summed E-state index contributed by atoms with van der Waals surface area (Å²) in [5, 5.41) is 15.2. The first kappa shape index (κ1) is 24.0. The second kappa shape index (κ2) is 11.8. The molecular formula is C23H38N4O4. The molecule has 1 heterocycles. The Morgan fingerprint density at radius 3 is 2.58 bits per heavy atom. The first-order valence-electron chi connectivity index (χ1n) is 11.7. The molecule has 4 atom stereocenters. The highest BCUT2D eigenvalue weighted by Crippen LogP contribution is 2.34. The van der Waals surface area contributed by atoms with Crippen LogP contribution in [0.25, 0.3) is 0 Å². The predicted octanol–water partition coefficient (Wildman–Crippen LogP) is 0.895. The number of hydrogen-bond donors (Lipinski definition) is 4. The summed E-state index contributed by atoms with van der Waals surface area (Å²) in [6.45, 7) is 2.06. The lowest BCUT2D eigenvalue weighted by Gasteiger charge is -2.31. The van der Waals surface area contributed by atoms with Crippen LogP contribution in [0.1, 0.15) is 51.4 Å². The Bertz CT molecular complexity index is 666. The zero-order valence-corrected chi connectivity index (χ0v) is 18.9. The molecule has 0 aromatic carbocycles. The van der Waals surface area contributed by atoms with Gasteiger partial charge in [-0.25, -0.2) is 5.48 Å². The topological polar surface area (TPSA) is 103 Å². The van der Waals surface area contributed by atoms with Crippen LogP contribution in [0.15, 0.2) is 0 Å². The molecule has 0 aromatic rings. The van der Waals surface area contributed by atoms with E-state index in [0.717, 1.165) is 64.5 Å². The molecule has 0 radical (unpaired) electrons. The van der Waals surface area contributed by atoms with Gasteiger partial charge in [0.15, 0.2) is 0 Å². The zero-order chi connectivity index (χ0) is 22.2. The molecule has 2 saturated carbocycles. The number of hydrogen-bond acceptors (Lipinski definition) is 6. The third-order valence-electron chi connectivity index (χ3n) is 6.96. The standard InChI is InChI=1S/C23H38N4O4/c1-27(2)12-13-31-19-9-10-20-18(14-19)15-21(25-20)23(29)24-11-3-4-16-5-7-17(8-6-16)22(28)26-30/h16-21,25,30H,5-15H2,1-2H3,(H,24,29)(H,26,28). The SMILES string of the molecule is CN(C)CCOC1CCC2NC(C(=O)NCC#CC3CCC(C(=O)NO)CC3)CC2C1. The van der Waals surface area contributed by atoms with Gasteiger partial charge < -0.3 is 20.3 Å². The molecule has 3 fully saturated rings. The molecule has 0 bridgehead atoms. The minimum absolute atomic E-state index is 0.0390. The third kappa shape index (κ3) is 7.18. The molecule has 0 spiro atoms. The Labute approximate surface area is 185 Å². The Hall–Kier alpha value is -1.66. The van der Waals surface area contributed by atoms with Gasteiger partial charge in [-0.15, -0.1) is 0 Å². The van der Waals surface area contributed by atoms with E-state index < -0.39 is 0 Å². The number of rotatable bonds is 7. The largest absolute Gasteiger partial charge is 0.377 e. The molecule has 31 heavy (non-hydrogen) atoms. The van der Waals surface area contributed by atoms with E-state index in [1.165, 1.54) is 0 Å². The van der Waals surface area contributed by atoms with Crippen LogP contribution >= 0.6 is 0 Å². The van der Waals surface area contributed by atoms with Gasteiger partial charge in [-0.1, -0.05) is 11.8 Å². The summed E-state index contributed by atoms with van der Waals surface area (Å²) >= 11 is 0. The number of fused-ring (bicyclic) bond motifs is 1. The van der Waals surface area contributed by atoms with E-state index in [1.54, 1.807) is 5.48 Å². The molecule has 4 N–H and O–H groups in total. The average Bonchev–Trinajstić information content (AvgIpc) is 3.20. The molecule has 174 valence electrons. The molecule has 2 aliphatic carbocycles. The number of ether oxygens (including phenoxy) is 1. The van der Waals surface area contributed by atoms with Gasteiger partial charge >= 0.3 is 0 Å². The molecule has 4 unspecified atom stereocenters. The lowest BCUT2D eigenvalue weighted by molar-refractivity contribution is -0.134. The lowest BCUT2D eigenvalue weighted by atomic mass is 9.82. The average molecular weight is 435 g/mol. The number of likely N-dealkylation sites (N-methyl/N-ethyl adjacent to an activating group) is 1. The molecule has 1 saturated heterocycles. The lowest BCUT2D eigenvalue weighted by Crippen LogP contribution is -2.44. The third-order valence-corrected chi connectivity index (χ3v) is 6.96. The van der Waals surface area contributed by atoms with Crippen LogP contribution < -0.4 is 16.1 Å². The molecular weight excluding hydrogens is 396 g/mol. The van der Waals surface area contributed by atoms with Crippen molar-refractivity contribution >= 4 is 11.8 Å². The zero-order valence-electron chi connectivity index (χ0n) is 18.9. The Kier molecular flexibility index (Phi) is 9.15. The highest BCUT2D eigenvalue weighted by atomic mass is 16.5. The van der Waals surface area contributed by atoms with Crippen molar-refractivity contribution in [3.8, 4) is 11.8 Å². The summed E-state index contributed by atoms with van der Waals surface area (Å²) in [4.78, 5) is 26.2. The number of nitrogens with one attached hydrogen (secondary N) is 3. The van der Waals surface area contributed by atoms with Crippen LogP contribution in [0.3, 0.4) is 0 Å². The molecule has 0 aromatic heterocycles. The number of hydroxylamine groups is 1. The summed E-state index contributed by atoms with van der Waals surface area (Å²) in [5.74, 6) is 6.71. The number of carbonyl (C=O) groups excluding carboxylic acids is 2. The van der Waals surface area contributed by atoms with Gasteiger partial charge in [-0.05, 0) is 71.4 Å². The van der Waals surface area contributed by atoms with Crippen molar-refractivity contribution < 1.29 is 19.5 Å². The number of carbonyl (C=O) groups is 2. The van der Waals surface area contributed by atoms with Crippen molar-refractivity contribution in [2.24, 2.45) is 17.8 Å². The van der Waals surface area contributed by atoms with E-state index in [4.69, 9.17) is 9.94 Å². The minimum atomic E-state index is -0.297. The highest BCUT2D eigenvalue weighted by molar-refractivity contribution is 5.82. The fourth-order valence-corrected chi connectivity index (χ4v) is 5.11. The fourth-order valence-electron chi connectivity index (χ4n) is 5.11. The van der Waals surface area contributed by atoms with Crippen molar-refractivity contribution in [3.63, 3.8) is 0 Å². The maximum absolute atomic E-state index is 12.6. The van der Waals surface area contributed by atoms with Crippen LogP contribution in [-0.2, 0) is 14.3 Å². The fraction of sp³-hybridized carbons (Fsp3) is 0.826. The van der Waals surface area contributed by atoms with Gasteiger partial charge in [0.2, 0.25) is 11.8 Å². The monoisotopic (exact) mass is 434 g/mol. The normalized spacial score (nSPS) is 32.6. The smallest absolute Gasteiger partial charge is 0.246 e. The second-order valence-electron chi connectivity index (χ2n) is 9.49. The van der Waals surface area contributed by atoms with Gasteiger partial charge in [0.25, 0.3) is 0 Å². The molecule has 3 aliphatic rings. The quantitative estimate of drug-likeness (QED) is 0.270. The van der Waals surface area contributed by atoms with E-state index in [1.807, 2.05) is 0 Å². The summed E-state index contributed by atoms with van der Waals surface area (Å²) in [6.07, 6.45) is 7.53. The van der Waals surface area contributed by atoms with Crippen LogP contribution in [0, 0.1) is 29.6 Å². The van der Waals surface area contributed by atoms with E-state index in [2.05, 4.69) is 41.5 Å². The van der Waals surface area contributed by atoms with Crippen molar-refractivity contribution in [2.75, 3.05) is 33.8 Å². The van der Waals surface area contributed by atoms with Crippen molar-refractivity contribution in [1.82, 2.24) is 21.0 Å². The van der Waals surface area contributed by atoms with E-state index in [0.29, 0.717) is 24.6 Å². The van der Waals surface area contributed by atoms with E-state index in [-0.39, 0.29) is 29.7 Å². The number of amides is 2. The van der Waals surface area contributed by atoms with Gasteiger partial charge in [0.05, 0.1) is 25.3 Å².